The summed E-state index contributed by atoms with van der Waals surface area (Å²) in [6, 6.07) is 12.7. The van der Waals surface area contributed by atoms with Gasteiger partial charge in [-0.1, -0.05) is 43.8 Å². The summed E-state index contributed by atoms with van der Waals surface area (Å²) in [5.41, 5.74) is 2.44. The second-order valence-electron chi connectivity index (χ2n) is 8.32. The second kappa shape index (κ2) is 12.1. The van der Waals surface area contributed by atoms with Crippen molar-refractivity contribution >= 4 is 29.3 Å². The van der Waals surface area contributed by atoms with E-state index in [-0.39, 0.29) is 17.8 Å². The zero-order chi connectivity index (χ0) is 26.4. The van der Waals surface area contributed by atoms with Crippen LogP contribution in [0.4, 0.5) is 5.69 Å². The van der Waals surface area contributed by atoms with Crippen LogP contribution >= 0.6 is 11.8 Å². The Kier molecular flexibility index (Phi) is 8.60. The molecule has 0 N–H and O–H groups in total. The van der Waals surface area contributed by atoms with E-state index in [0.717, 1.165) is 0 Å². The van der Waals surface area contributed by atoms with Crippen molar-refractivity contribution in [2.75, 3.05) is 17.8 Å². The van der Waals surface area contributed by atoms with Crippen molar-refractivity contribution in [1.29, 1.82) is 0 Å². The quantitative estimate of drug-likeness (QED) is 0.202. The minimum absolute atomic E-state index is 0.109. The number of aromatic nitrogens is 3. The molecule has 1 aromatic heterocycles. The Morgan fingerprint density at radius 2 is 1.81 bits per heavy atom. The molecular formula is C27H30N4O5S. The minimum Gasteiger partial charge on any atom is -0.490 e. The molecule has 2 aromatic carbocycles. The molecule has 1 aliphatic rings. The van der Waals surface area contributed by atoms with Gasteiger partial charge in [-0.25, -0.2) is 0 Å². The second-order valence-corrected chi connectivity index (χ2v) is 9.09. The number of anilines is 1. The summed E-state index contributed by atoms with van der Waals surface area (Å²) in [4.78, 5) is 31.9. The average molecular weight is 523 g/mol. The zero-order valence-corrected chi connectivity index (χ0v) is 22.2. The fourth-order valence-electron chi connectivity index (χ4n) is 4.03. The lowest BCUT2D eigenvalue weighted by Crippen LogP contribution is -2.37. The van der Waals surface area contributed by atoms with E-state index in [4.69, 9.17) is 14.2 Å². The first-order valence-corrected chi connectivity index (χ1v) is 13.6. The molecule has 10 heteroatoms. The molecule has 37 heavy (non-hydrogen) atoms. The molecule has 194 valence electrons. The van der Waals surface area contributed by atoms with Gasteiger partial charge in [0.1, 0.15) is 0 Å². The smallest absolute Gasteiger partial charge is 0.311 e. The van der Waals surface area contributed by atoms with Crippen LogP contribution in [0, 0.1) is 0 Å². The number of hydrogen-bond acceptors (Lipinski definition) is 9. The SMILES string of the molecule is CCCC(=O)Oc1ccc(C2Oc3nc(SC)nnc3-c3ccccc3N2C(=O)CCC)cc1OCC. The number of carbonyl (C=O) groups is 2. The van der Waals surface area contributed by atoms with Crippen LogP contribution in [0.5, 0.6) is 17.4 Å². The standard InChI is InChI=1S/C27H30N4O5S/c1-5-10-22(32)31-19-13-9-8-12-18(19)24-25(28-27(37-4)30-29-24)36-26(31)17-14-15-20(21(16-17)34-7-3)35-23(33)11-6-2/h8-9,12-16,26H,5-7,10-11H2,1-4H3. The first-order valence-electron chi connectivity index (χ1n) is 12.3. The predicted molar refractivity (Wildman–Crippen MR) is 141 cm³/mol. The van der Waals surface area contributed by atoms with Crippen molar-refractivity contribution in [2.24, 2.45) is 0 Å². The number of thioether (sulfide) groups is 1. The monoisotopic (exact) mass is 522 g/mol. The van der Waals surface area contributed by atoms with Crippen molar-refractivity contribution in [3.05, 3.63) is 48.0 Å². The summed E-state index contributed by atoms with van der Waals surface area (Å²) in [7, 11) is 0. The highest BCUT2D eigenvalue weighted by molar-refractivity contribution is 7.98. The molecule has 4 rings (SSSR count). The lowest BCUT2D eigenvalue weighted by Gasteiger charge is -2.31. The van der Waals surface area contributed by atoms with Gasteiger partial charge in [0, 0.05) is 24.0 Å². The normalized spacial score (nSPS) is 14.2. The number of nitrogens with zero attached hydrogens (tertiary/aromatic N) is 4. The highest BCUT2D eigenvalue weighted by Gasteiger charge is 2.36. The maximum Gasteiger partial charge on any atom is 0.311 e. The summed E-state index contributed by atoms with van der Waals surface area (Å²) >= 11 is 1.35. The number of amides is 1. The predicted octanol–water partition coefficient (Wildman–Crippen LogP) is 5.59. The molecule has 0 saturated carbocycles. The molecule has 0 fully saturated rings. The largest absolute Gasteiger partial charge is 0.490 e. The van der Waals surface area contributed by atoms with E-state index in [9.17, 15) is 9.59 Å². The van der Waals surface area contributed by atoms with Crippen molar-refractivity contribution in [1.82, 2.24) is 15.2 Å². The molecule has 0 bridgehead atoms. The van der Waals surface area contributed by atoms with Gasteiger partial charge in [-0.05, 0) is 50.3 Å². The molecule has 0 aliphatic carbocycles. The maximum atomic E-state index is 13.6. The van der Waals surface area contributed by atoms with E-state index in [0.29, 0.717) is 71.5 Å². The van der Waals surface area contributed by atoms with Gasteiger partial charge in [0.25, 0.3) is 0 Å². The summed E-state index contributed by atoms with van der Waals surface area (Å²) < 4.78 is 17.8. The Bertz CT molecular complexity index is 1290. The highest BCUT2D eigenvalue weighted by Crippen LogP contribution is 2.44. The van der Waals surface area contributed by atoms with Crippen LogP contribution in [0.2, 0.25) is 0 Å². The van der Waals surface area contributed by atoms with E-state index < -0.39 is 6.23 Å². The molecule has 0 spiro atoms. The number of hydrogen-bond donors (Lipinski definition) is 0. The molecular weight excluding hydrogens is 492 g/mol. The van der Waals surface area contributed by atoms with E-state index in [1.807, 2.05) is 51.3 Å². The molecule has 3 aromatic rings. The Hall–Kier alpha value is -3.66. The van der Waals surface area contributed by atoms with Gasteiger partial charge < -0.3 is 14.2 Å². The van der Waals surface area contributed by atoms with Gasteiger partial charge in [-0.15, -0.1) is 10.2 Å². The number of para-hydroxylation sites is 1. The van der Waals surface area contributed by atoms with Crippen molar-refractivity contribution in [3.63, 3.8) is 0 Å². The fourth-order valence-corrected chi connectivity index (χ4v) is 4.33. The van der Waals surface area contributed by atoms with Crippen LogP contribution < -0.4 is 19.1 Å². The van der Waals surface area contributed by atoms with Gasteiger partial charge in [0.05, 0.1) is 12.3 Å². The van der Waals surface area contributed by atoms with Gasteiger partial charge in [0.15, 0.2) is 17.2 Å². The first-order chi connectivity index (χ1) is 18.0. The number of benzene rings is 2. The Morgan fingerprint density at radius 1 is 1.03 bits per heavy atom. The maximum absolute atomic E-state index is 13.6. The zero-order valence-electron chi connectivity index (χ0n) is 21.4. The molecule has 1 unspecified atom stereocenters. The lowest BCUT2D eigenvalue weighted by atomic mass is 10.1. The summed E-state index contributed by atoms with van der Waals surface area (Å²) in [5, 5.41) is 9.04. The van der Waals surface area contributed by atoms with Crippen molar-refractivity contribution < 1.29 is 23.8 Å². The Labute approximate surface area is 220 Å². The van der Waals surface area contributed by atoms with Gasteiger partial charge >= 0.3 is 5.97 Å². The molecule has 1 aliphatic heterocycles. The Morgan fingerprint density at radius 3 is 2.54 bits per heavy atom. The van der Waals surface area contributed by atoms with Crippen LogP contribution in [0.3, 0.4) is 0 Å². The van der Waals surface area contributed by atoms with E-state index in [2.05, 4.69) is 15.2 Å². The highest BCUT2D eigenvalue weighted by atomic mass is 32.2. The number of ether oxygens (including phenoxy) is 3. The summed E-state index contributed by atoms with van der Waals surface area (Å²) in [5.74, 6) is 0.539. The molecule has 0 saturated heterocycles. The third kappa shape index (κ3) is 5.69. The van der Waals surface area contributed by atoms with Crippen molar-refractivity contribution in [2.45, 2.75) is 57.8 Å². The van der Waals surface area contributed by atoms with Crippen LogP contribution in [-0.4, -0.2) is 39.9 Å². The molecule has 1 atom stereocenters. The van der Waals surface area contributed by atoms with Crippen molar-refractivity contribution in [3.8, 4) is 28.6 Å². The summed E-state index contributed by atoms with van der Waals surface area (Å²) in [6.07, 6.45) is 2.96. The van der Waals surface area contributed by atoms with Gasteiger partial charge in [-0.3, -0.25) is 14.5 Å². The number of rotatable bonds is 9. The topological polar surface area (TPSA) is 104 Å². The average Bonchev–Trinajstić information content (AvgIpc) is 3.04. The number of carbonyl (C=O) groups excluding carboxylic acids is 2. The molecule has 2 heterocycles. The first kappa shape index (κ1) is 26.4. The third-order valence-electron chi connectivity index (χ3n) is 5.66. The van der Waals surface area contributed by atoms with E-state index in [1.54, 1.807) is 23.1 Å². The van der Waals surface area contributed by atoms with Gasteiger partial charge in [-0.2, -0.15) is 4.98 Å². The number of esters is 1. The summed E-state index contributed by atoms with van der Waals surface area (Å²) in [6.45, 7) is 6.08. The third-order valence-corrected chi connectivity index (χ3v) is 6.20. The Balaban J connectivity index is 1.87. The van der Waals surface area contributed by atoms with E-state index >= 15 is 0 Å². The van der Waals surface area contributed by atoms with Gasteiger partial charge in [0.2, 0.25) is 23.2 Å². The molecule has 0 radical (unpaired) electrons. The van der Waals surface area contributed by atoms with Crippen LogP contribution in [0.25, 0.3) is 11.3 Å². The van der Waals surface area contributed by atoms with Crippen LogP contribution in [-0.2, 0) is 9.59 Å². The lowest BCUT2D eigenvalue weighted by molar-refractivity contribution is -0.134. The molecule has 9 nitrogen and oxygen atoms in total. The molecule has 1 amide bonds. The van der Waals surface area contributed by atoms with E-state index in [1.165, 1.54) is 11.8 Å². The number of fused-ring (bicyclic) bond motifs is 3. The minimum atomic E-state index is -0.868. The van der Waals surface area contributed by atoms with Crippen LogP contribution in [0.1, 0.15) is 58.2 Å². The van der Waals surface area contributed by atoms with Crippen LogP contribution in [0.15, 0.2) is 47.6 Å². The fraction of sp³-hybridized carbons (Fsp3) is 0.370.